The van der Waals surface area contributed by atoms with E-state index in [4.69, 9.17) is 0 Å². The fourth-order valence-electron chi connectivity index (χ4n) is 2.90. The first-order valence-electron chi connectivity index (χ1n) is 7.89. The van der Waals surface area contributed by atoms with E-state index in [1.54, 1.807) is 29.6 Å². The van der Waals surface area contributed by atoms with Crippen molar-refractivity contribution < 1.29 is 0 Å². The Balaban J connectivity index is 1.91. The van der Waals surface area contributed by atoms with Crippen molar-refractivity contribution in [1.82, 2.24) is 35.2 Å². The second-order valence-electron chi connectivity index (χ2n) is 5.48. The highest BCUT2D eigenvalue weighted by atomic mass is 15.5. The maximum Gasteiger partial charge on any atom is 0.138 e. The monoisotopic (exact) mass is 329 g/mol. The normalized spacial score (nSPS) is 12.2. The topological polar surface area (TPSA) is 82.3 Å². The summed E-state index contributed by atoms with van der Waals surface area (Å²) >= 11 is 0. The lowest BCUT2D eigenvalue weighted by Crippen LogP contribution is -2.23. The predicted octanol–water partition coefficient (Wildman–Crippen LogP) is 2.28. The van der Waals surface area contributed by atoms with Crippen LogP contribution in [0.15, 0.2) is 79.5 Å². The summed E-state index contributed by atoms with van der Waals surface area (Å²) in [6.45, 7) is 0. The molecule has 0 N–H and O–H groups in total. The second kappa shape index (κ2) is 6.96. The van der Waals surface area contributed by atoms with Crippen LogP contribution in [0.5, 0.6) is 0 Å². The molecule has 0 spiro atoms. The molecule has 0 aliphatic rings. The summed E-state index contributed by atoms with van der Waals surface area (Å²) in [5.74, 6) is -0.180. The number of hydrogen-bond acceptors (Lipinski definition) is 6. The number of nitrogens with zero attached hydrogens (tertiary/aromatic N) is 7. The molecule has 1 atom stereocenters. The van der Waals surface area contributed by atoms with Crippen molar-refractivity contribution in [2.45, 2.75) is 12.0 Å². The summed E-state index contributed by atoms with van der Waals surface area (Å²) in [4.78, 5) is 13.7. The van der Waals surface area contributed by atoms with Crippen LogP contribution in [-0.4, -0.2) is 35.2 Å². The van der Waals surface area contributed by atoms with Crippen LogP contribution in [0.4, 0.5) is 0 Å². The van der Waals surface area contributed by atoms with E-state index in [2.05, 4.69) is 30.5 Å². The summed E-state index contributed by atoms with van der Waals surface area (Å²) in [7, 11) is 0. The van der Waals surface area contributed by atoms with E-state index in [1.165, 1.54) is 0 Å². The molecule has 4 heterocycles. The zero-order valence-electron chi connectivity index (χ0n) is 13.3. The van der Waals surface area contributed by atoms with Gasteiger partial charge < -0.3 is 0 Å². The second-order valence-corrected chi connectivity index (χ2v) is 5.48. The molecule has 4 rings (SSSR count). The van der Waals surface area contributed by atoms with Crippen molar-refractivity contribution in [3.05, 3.63) is 96.6 Å². The van der Waals surface area contributed by atoms with Crippen LogP contribution >= 0.6 is 0 Å². The van der Waals surface area contributed by atoms with E-state index >= 15 is 0 Å². The average molecular weight is 329 g/mol. The van der Waals surface area contributed by atoms with Crippen molar-refractivity contribution in [3.8, 4) is 0 Å². The molecule has 122 valence electrons. The molecule has 25 heavy (non-hydrogen) atoms. The van der Waals surface area contributed by atoms with Gasteiger partial charge in [0, 0.05) is 18.6 Å². The summed E-state index contributed by atoms with van der Waals surface area (Å²) < 4.78 is 1.70. The Bertz CT molecular complexity index is 857. The fourth-order valence-corrected chi connectivity index (χ4v) is 2.90. The lowest BCUT2D eigenvalue weighted by atomic mass is 9.89. The van der Waals surface area contributed by atoms with Gasteiger partial charge in [-0.2, -0.15) is 0 Å². The molecule has 0 amide bonds. The molecule has 4 aromatic rings. The largest absolute Gasteiger partial charge is 0.261 e. The molecule has 4 aromatic heterocycles. The van der Waals surface area contributed by atoms with Gasteiger partial charge in [0.25, 0.3) is 0 Å². The Hall–Kier alpha value is -3.48. The van der Waals surface area contributed by atoms with Crippen LogP contribution in [-0.2, 0) is 0 Å². The van der Waals surface area contributed by atoms with E-state index < -0.39 is 0 Å². The molecule has 0 bridgehead atoms. The van der Waals surface area contributed by atoms with Gasteiger partial charge in [-0.15, -0.1) is 5.10 Å². The predicted molar refractivity (Wildman–Crippen MR) is 90.5 cm³/mol. The Morgan fingerprint density at radius 1 is 0.680 bits per heavy atom. The quantitative estimate of drug-likeness (QED) is 0.559. The number of rotatable bonds is 5. The minimum Gasteiger partial charge on any atom is -0.261 e. The van der Waals surface area contributed by atoms with Crippen molar-refractivity contribution in [3.63, 3.8) is 0 Å². The van der Waals surface area contributed by atoms with Crippen LogP contribution in [0.1, 0.15) is 29.0 Å². The third-order valence-corrected chi connectivity index (χ3v) is 3.97. The first kappa shape index (κ1) is 15.1. The first-order chi connectivity index (χ1) is 12.4. The molecule has 7 nitrogen and oxygen atoms in total. The number of pyridine rings is 3. The van der Waals surface area contributed by atoms with Gasteiger partial charge >= 0.3 is 0 Å². The third kappa shape index (κ3) is 3.12. The molecule has 0 fully saturated rings. The van der Waals surface area contributed by atoms with E-state index in [9.17, 15) is 0 Å². The molecule has 1 unspecified atom stereocenters. The van der Waals surface area contributed by atoms with Crippen LogP contribution in [0.2, 0.25) is 0 Å². The van der Waals surface area contributed by atoms with E-state index in [0.717, 1.165) is 17.1 Å². The van der Waals surface area contributed by atoms with Gasteiger partial charge in [-0.3, -0.25) is 15.0 Å². The number of tetrazole rings is 1. The average Bonchev–Trinajstić information content (AvgIpc) is 3.22. The summed E-state index contributed by atoms with van der Waals surface area (Å²) in [6, 6.07) is 17.2. The van der Waals surface area contributed by atoms with Crippen molar-refractivity contribution in [1.29, 1.82) is 0 Å². The zero-order valence-corrected chi connectivity index (χ0v) is 13.3. The van der Waals surface area contributed by atoms with Gasteiger partial charge in [0.1, 0.15) is 12.4 Å². The molecule has 0 radical (unpaired) electrons. The molecule has 0 saturated carbocycles. The molecule has 0 saturated heterocycles. The highest BCUT2D eigenvalue weighted by molar-refractivity contribution is 5.29. The minimum atomic E-state index is -0.263. The number of hydrogen-bond donors (Lipinski definition) is 0. The van der Waals surface area contributed by atoms with Crippen LogP contribution < -0.4 is 0 Å². The molecular weight excluding hydrogens is 314 g/mol. The fraction of sp³-hybridized carbons (Fsp3) is 0.111. The van der Waals surface area contributed by atoms with Crippen LogP contribution in [0.25, 0.3) is 0 Å². The molecule has 7 heteroatoms. The maximum atomic E-state index is 4.56. The van der Waals surface area contributed by atoms with Gasteiger partial charge in [-0.25, -0.2) is 4.68 Å². The first-order valence-corrected chi connectivity index (χ1v) is 7.89. The van der Waals surface area contributed by atoms with Gasteiger partial charge in [0.15, 0.2) is 0 Å². The van der Waals surface area contributed by atoms with E-state index in [0.29, 0.717) is 0 Å². The van der Waals surface area contributed by atoms with E-state index in [-0.39, 0.29) is 12.0 Å². The lowest BCUT2D eigenvalue weighted by Gasteiger charge is -2.25. The molecule has 0 aromatic carbocycles. The van der Waals surface area contributed by atoms with Gasteiger partial charge in [-0.1, -0.05) is 18.2 Å². The molecule has 0 aliphatic heterocycles. The maximum absolute atomic E-state index is 4.56. The summed E-state index contributed by atoms with van der Waals surface area (Å²) in [5, 5.41) is 11.7. The van der Waals surface area contributed by atoms with Crippen molar-refractivity contribution >= 4 is 0 Å². The highest BCUT2D eigenvalue weighted by Gasteiger charge is 2.32. The van der Waals surface area contributed by atoms with Crippen LogP contribution in [0.3, 0.4) is 0 Å². The Morgan fingerprint density at radius 2 is 1.24 bits per heavy atom. The Kier molecular flexibility index (Phi) is 4.20. The van der Waals surface area contributed by atoms with Crippen molar-refractivity contribution in [2.75, 3.05) is 0 Å². The van der Waals surface area contributed by atoms with Gasteiger partial charge in [0.2, 0.25) is 0 Å². The van der Waals surface area contributed by atoms with E-state index in [1.807, 2.05) is 54.6 Å². The summed E-state index contributed by atoms with van der Waals surface area (Å²) in [5.41, 5.74) is 2.61. The molecular formula is C18H15N7. The minimum absolute atomic E-state index is 0.180. The molecule has 0 aliphatic carbocycles. The SMILES string of the molecule is c1ccc(C(c2ccccn2)C(c2ccccn2)n2cnnn2)nc1. The third-order valence-electron chi connectivity index (χ3n) is 3.97. The zero-order chi connectivity index (χ0) is 16.9. The van der Waals surface area contributed by atoms with Gasteiger partial charge in [-0.05, 0) is 46.8 Å². The lowest BCUT2D eigenvalue weighted by molar-refractivity contribution is 0.441. The number of aromatic nitrogens is 7. The summed E-state index contributed by atoms with van der Waals surface area (Å²) in [6.07, 6.45) is 6.92. The highest BCUT2D eigenvalue weighted by Crippen LogP contribution is 2.36. The smallest absolute Gasteiger partial charge is 0.138 e. The standard InChI is InChI=1S/C18H15N7/c1-4-10-19-14(7-1)17(15-8-2-5-11-20-15)18(25-13-22-23-24-25)16-9-3-6-12-21-16/h1-13,17-18H. The van der Waals surface area contributed by atoms with Crippen LogP contribution in [0, 0.1) is 0 Å². The Labute approximate surface area is 144 Å². The Morgan fingerprint density at radius 3 is 1.68 bits per heavy atom. The van der Waals surface area contributed by atoms with Crippen molar-refractivity contribution in [2.24, 2.45) is 0 Å². The van der Waals surface area contributed by atoms with Gasteiger partial charge in [0.05, 0.1) is 23.0 Å².